The number of nitrogens with one attached hydrogen (secondary N) is 1. The van der Waals surface area contributed by atoms with Crippen molar-refractivity contribution in [3.8, 4) is 0 Å². The summed E-state index contributed by atoms with van der Waals surface area (Å²) in [5.74, 6) is -0.0643. The number of amides is 1. The van der Waals surface area contributed by atoms with E-state index in [9.17, 15) is 14.9 Å². The quantitative estimate of drug-likeness (QED) is 0.664. The zero-order chi connectivity index (χ0) is 17.1. The molecule has 0 spiro atoms. The van der Waals surface area contributed by atoms with Crippen LogP contribution in [0.2, 0.25) is 0 Å². The Labute approximate surface area is 143 Å². The normalized spacial score (nSPS) is 17.8. The van der Waals surface area contributed by atoms with E-state index in [-0.39, 0.29) is 22.6 Å². The molecular formula is C16H18N4O3S. The third-order valence-corrected chi connectivity index (χ3v) is 5.00. The lowest BCUT2D eigenvalue weighted by Gasteiger charge is -2.24. The number of aromatic nitrogens is 1. The van der Waals surface area contributed by atoms with Gasteiger partial charge in [-0.3, -0.25) is 19.8 Å². The molecule has 0 aliphatic carbocycles. The van der Waals surface area contributed by atoms with Gasteiger partial charge in [-0.05, 0) is 31.9 Å². The van der Waals surface area contributed by atoms with Crippen LogP contribution in [0, 0.1) is 17.0 Å². The molecule has 0 bridgehead atoms. The van der Waals surface area contributed by atoms with Crippen LogP contribution in [0.1, 0.15) is 24.0 Å². The first kappa shape index (κ1) is 16.5. The predicted molar refractivity (Wildman–Crippen MR) is 92.0 cm³/mol. The molecule has 1 saturated heterocycles. The number of hydrogen-bond donors (Lipinski definition) is 1. The van der Waals surface area contributed by atoms with Gasteiger partial charge in [0.15, 0.2) is 5.13 Å². The summed E-state index contributed by atoms with van der Waals surface area (Å²) in [6, 6.07) is 4.86. The van der Waals surface area contributed by atoms with Gasteiger partial charge in [-0.25, -0.2) is 4.98 Å². The topological polar surface area (TPSA) is 88.4 Å². The van der Waals surface area contributed by atoms with Gasteiger partial charge in [-0.1, -0.05) is 12.1 Å². The molecule has 1 amide bonds. The summed E-state index contributed by atoms with van der Waals surface area (Å²) in [6.45, 7) is 3.09. The zero-order valence-corrected chi connectivity index (χ0v) is 14.1. The number of anilines is 1. The molecule has 1 aromatic heterocycles. The van der Waals surface area contributed by atoms with E-state index < -0.39 is 0 Å². The predicted octanol–water partition coefficient (Wildman–Crippen LogP) is 2.96. The summed E-state index contributed by atoms with van der Waals surface area (Å²) >= 11 is 1.39. The molecule has 7 nitrogen and oxygen atoms in total. The van der Waals surface area contributed by atoms with Crippen molar-refractivity contribution in [1.29, 1.82) is 0 Å². The van der Waals surface area contributed by atoms with Crippen molar-refractivity contribution in [1.82, 2.24) is 9.88 Å². The first-order valence-corrected chi connectivity index (χ1v) is 8.61. The van der Waals surface area contributed by atoms with Crippen LogP contribution in [0.5, 0.6) is 0 Å². The third kappa shape index (κ3) is 3.44. The first-order valence-electron chi connectivity index (χ1n) is 7.73. The molecule has 1 aliphatic rings. The van der Waals surface area contributed by atoms with Gasteiger partial charge in [0.1, 0.15) is 0 Å². The van der Waals surface area contributed by atoms with E-state index in [2.05, 4.69) is 15.2 Å². The van der Waals surface area contributed by atoms with Gasteiger partial charge in [0.05, 0.1) is 11.0 Å². The SMILES string of the molecule is Cc1c(CN2CCC[C@H]2C(=O)Nc2nccs2)cccc1[N+](=O)[O-]. The van der Waals surface area contributed by atoms with E-state index in [1.54, 1.807) is 19.2 Å². The van der Waals surface area contributed by atoms with Gasteiger partial charge >= 0.3 is 0 Å². The average molecular weight is 346 g/mol. The average Bonchev–Trinajstić information content (AvgIpc) is 3.20. The van der Waals surface area contributed by atoms with Crippen LogP contribution in [0.3, 0.4) is 0 Å². The molecule has 1 aliphatic heterocycles. The second-order valence-electron chi connectivity index (χ2n) is 5.77. The van der Waals surface area contributed by atoms with Crippen molar-refractivity contribution in [2.75, 3.05) is 11.9 Å². The number of rotatable bonds is 5. The Morgan fingerprint density at radius 1 is 1.54 bits per heavy atom. The van der Waals surface area contributed by atoms with Crippen molar-refractivity contribution >= 4 is 28.1 Å². The number of hydrogen-bond acceptors (Lipinski definition) is 6. The Bertz CT molecular complexity index is 748. The molecular weight excluding hydrogens is 328 g/mol. The second-order valence-corrected chi connectivity index (χ2v) is 6.67. The lowest BCUT2D eigenvalue weighted by molar-refractivity contribution is -0.385. The highest BCUT2D eigenvalue weighted by Gasteiger charge is 2.31. The summed E-state index contributed by atoms with van der Waals surface area (Å²) in [4.78, 5) is 29.4. The number of carbonyl (C=O) groups excluding carboxylic acids is 1. The zero-order valence-electron chi connectivity index (χ0n) is 13.3. The smallest absolute Gasteiger partial charge is 0.272 e. The molecule has 0 saturated carbocycles. The van der Waals surface area contributed by atoms with E-state index in [4.69, 9.17) is 0 Å². The molecule has 2 aromatic rings. The molecule has 0 unspecified atom stereocenters. The molecule has 0 radical (unpaired) electrons. The van der Waals surface area contributed by atoms with Crippen LogP contribution < -0.4 is 5.32 Å². The maximum absolute atomic E-state index is 12.5. The van der Waals surface area contributed by atoms with Gasteiger partial charge in [0.25, 0.3) is 5.69 Å². The van der Waals surface area contributed by atoms with Crippen LogP contribution in [-0.2, 0) is 11.3 Å². The summed E-state index contributed by atoms with van der Waals surface area (Å²) < 4.78 is 0. The molecule has 24 heavy (non-hydrogen) atoms. The van der Waals surface area contributed by atoms with Gasteiger partial charge < -0.3 is 5.32 Å². The largest absolute Gasteiger partial charge is 0.301 e. The first-order chi connectivity index (χ1) is 11.6. The Kier molecular flexibility index (Phi) is 4.86. The fraction of sp³-hybridized carbons (Fsp3) is 0.375. The minimum absolute atomic E-state index is 0.0643. The van der Waals surface area contributed by atoms with Crippen molar-refractivity contribution < 1.29 is 9.72 Å². The number of nitrogens with zero attached hydrogens (tertiary/aromatic N) is 3. The number of nitro benzene ring substituents is 1. The van der Waals surface area contributed by atoms with E-state index in [0.717, 1.165) is 24.9 Å². The number of thiazole rings is 1. The van der Waals surface area contributed by atoms with Gasteiger partial charge in [0.2, 0.25) is 5.91 Å². The van der Waals surface area contributed by atoms with E-state index >= 15 is 0 Å². The Hall–Kier alpha value is -2.32. The summed E-state index contributed by atoms with van der Waals surface area (Å²) in [6.07, 6.45) is 3.37. The number of benzene rings is 1. The van der Waals surface area contributed by atoms with Crippen molar-refractivity contribution in [3.63, 3.8) is 0 Å². The molecule has 1 fully saturated rings. The molecule has 3 rings (SSSR count). The van der Waals surface area contributed by atoms with Crippen LogP contribution >= 0.6 is 11.3 Å². The Morgan fingerprint density at radius 3 is 3.08 bits per heavy atom. The van der Waals surface area contributed by atoms with Gasteiger partial charge in [-0.2, -0.15) is 0 Å². The highest BCUT2D eigenvalue weighted by Crippen LogP contribution is 2.26. The fourth-order valence-electron chi connectivity index (χ4n) is 3.04. The molecule has 1 N–H and O–H groups in total. The highest BCUT2D eigenvalue weighted by atomic mass is 32.1. The maximum atomic E-state index is 12.5. The molecule has 1 atom stereocenters. The van der Waals surface area contributed by atoms with Crippen LogP contribution in [-0.4, -0.2) is 33.3 Å². The second kappa shape index (κ2) is 7.06. The Morgan fingerprint density at radius 2 is 2.38 bits per heavy atom. The van der Waals surface area contributed by atoms with E-state index in [0.29, 0.717) is 17.2 Å². The lowest BCUT2D eigenvalue weighted by atomic mass is 10.1. The fourth-order valence-corrected chi connectivity index (χ4v) is 3.58. The summed E-state index contributed by atoms with van der Waals surface area (Å²) in [5.41, 5.74) is 1.67. The lowest BCUT2D eigenvalue weighted by Crippen LogP contribution is -2.39. The Balaban J connectivity index is 1.73. The van der Waals surface area contributed by atoms with Crippen molar-refractivity contribution in [3.05, 3.63) is 51.0 Å². The summed E-state index contributed by atoms with van der Waals surface area (Å²) in [7, 11) is 0. The highest BCUT2D eigenvalue weighted by molar-refractivity contribution is 7.13. The minimum atomic E-state index is -0.366. The van der Waals surface area contributed by atoms with Crippen LogP contribution in [0.15, 0.2) is 29.8 Å². The van der Waals surface area contributed by atoms with Gasteiger partial charge in [0, 0.05) is 29.8 Å². The van der Waals surface area contributed by atoms with Crippen molar-refractivity contribution in [2.24, 2.45) is 0 Å². The minimum Gasteiger partial charge on any atom is -0.301 e. The van der Waals surface area contributed by atoms with Crippen LogP contribution in [0.4, 0.5) is 10.8 Å². The number of carbonyl (C=O) groups is 1. The van der Waals surface area contributed by atoms with Crippen molar-refractivity contribution in [2.45, 2.75) is 32.4 Å². The third-order valence-electron chi connectivity index (χ3n) is 4.32. The monoisotopic (exact) mass is 346 g/mol. The molecule has 1 aromatic carbocycles. The van der Waals surface area contributed by atoms with E-state index in [1.165, 1.54) is 17.4 Å². The summed E-state index contributed by atoms with van der Waals surface area (Å²) in [5, 5.41) is 16.3. The van der Waals surface area contributed by atoms with E-state index in [1.807, 2.05) is 11.4 Å². The number of likely N-dealkylation sites (tertiary alicyclic amines) is 1. The number of nitro groups is 1. The standard InChI is InChI=1S/C16H18N4O3S/c1-11-12(4-2-5-13(11)20(22)23)10-19-8-3-6-14(19)15(21)18-16-17-7-9-24-16/h2,4-5,7,9,14H,3,6,8,10H2,1H3,(H,17,18,21)/t14-/m0/s1. The van der Waals surface area contributed by atoms with Crippen LogP contribution in [0.25, 0.3) is 0 Å². The van der Waals surface area contributed by atoms with Gasteiger partial charge in [-0.15, -0.1) is 11.3 Å². The maximum Gasteiger partial charge on any atom is 0.272 e. The molecule has 8 heteroatoms. The molecule has 2 heterocycles. The molecule has 126 valence electrons.